The Morgan fingerprint density at radius 1 is 1.03 bits per heavy atom. The number of nitrogens with one attached hydrogen (secondary N) is 2. The first kappa shape index (κ1) is 24.2. The maximum absolute atomic E-state index is 12.9. The Balaban J connectivity index is 1.66. The third-order valence-corrected chi connectivity index (χ3v) is 6.19. The Morgan fingerprint density at radius 3 is 2.42 bits per heavy atom. The van der Waals surface area contributed by atoms with Crippen molar-refractivity contribution in [2.75, 3.05) is 20.2 Å². The molecule has 3 rings (SSSR count). The van der Waals surface area contributed by atoms with Crippen molar-refractivity contribution in [2.45, 2.75) is 44.4 Å². The number of benzene rings is 2. The molecule has 0 saturated heterocycles. The molecule has 2 aromatic rings. The summed E-state index contributed by atoms with van der Waals surface area (Å²) in [6.07, 6.45) is 6.41. The number of carbonyl (C=O) groups is 2. The molecule has 0 aromatic heterocycles. The fourth-order valence-electron chi connectivity index (χ4n) is 4.27. The molecule has 33 heavy (non-hydrogen) atoms. The van der Waals surface area contributed by atoms with Crippen molar-refractivity contribution in [2.24, 2.45) is 5.92 Å². The van der Waals surface area contributed by atoms with E-state index in [1.165, 1.54) is 5.56 Å². The van der Waals surface area contributed by atoms with E-state index in [0.717, 1.165) is 32.1 Å². The van der Waals surface area contributed by atoms with Gasteiger partial charge in [-0.3, -0.25) is 4.79 Å². The van der Waals surface area contributed by atoms with E-state index < -0.39 is 6.09 Å². The standard InChI is InChI=1S/C27H32N2O4/c1-3-18-28-26(31)33-19-15-21-13-16-27(17-14-21,22-9-5-4-6-10-22)20-29-25(30)23-11-7-8-12-24(23)32-2/h4-12,21H,3,13-14,16-18,20H2,1-2H3,(H,28,31)(H,29,30). The Labute approximate surface area is 196 Å². The quantitative estimate of drug-likeness (QED) is 0.605. The summed E-state index contributed by atoms with van der Waals surface area (Å²) in [5, 5.41) is 5.78. The number of rotatable bonds is 7. The molecule has 6 nitrogen and oxygen atoms in total. The van der Waals surface area contributed by atoms with Crippen molar-refractivity contribution in [3.05, 3.63) is 65.7 Å². The third-order valence-electron chi connectivity index (χ3n) is 6.19. The zero-order valence-electron chi connectivity index (χ0n) is 19.4. The van der Waals surface area contributed by atoms with E-state index in [4.69, 9.17) is 9.47 Å². The van der Waals surface area contributed by atoms with Gasteiger partial charge in [-0.1, -0.05) is 55.3 Å². The number of ether oxygens (including phenoxy) is 2. The molecule has 1 fully saturated rings. The minimum absolute atomic E-state index is 0.142. The second-order valence-electron chi connectivity index (χ2n) is 8.37. The number of hydrogen-bond donors (Lipinski definition) is 2. The van der Waals surface area contributed by atoms with Crippen LogP contribution in [0.15, 0.2) is 54.6 Å². The number of alkyl carbamates (subject to hydrolysis) is 1. The minimum Gasteiger partial charge on any atom is -0.496 e. The summed E-state index contributed by atoms with van der Waals surface area (Å²) in [4.78, 5) is 24.5. The highest BCUT2D eigenvalue weighted by atomic mass is 16.5. The van der Waals surface area contributed by atoms with Gasteiger partial charge in [0, 0.05) is 24.4 Å². The molecular formula is C27H32N2O4. The lowest BCUT2D eigenvalue weighted by Crippen LogP contribution is -2.43. The second kappa shape index (κ2) is 12.0. The summed E-state index contributed by atoms with van der Waals surface area (Å²) in [5.41, 5.74) is 1.57. The molecule has 1 aliphatic carbocycles. The molecule has 0 bridgehead atoms. The van der Waals surface area contributed by atoms with Crippen LogP contribution in [0.4, 0.5) is 4.79 Å². The van der Waals surface area contributed by atoms with E-state index in [1.54, 1.807) is 19.2 Å². The average Bonchev–Trinajstić information content (AvgIpc) is 2.87. The van der Waals surface area contributed by atoms with Crippen LogP contribution in [0, 0.1) is 17.9 Å². The van der Waals surface area contributed by atoms with Crippen LogP contribution >= 0.6 is 0 Å². The number of hydrogen-bond acceptors (Lipinski definition) is 4. The second-order valence-corrected chi connectivity index (χ2v) is 8.37. The van der Waals surface area contributed by atoms with Crippen LogP contribution in [0.5, 0.6) is 5.75 Å². The molecule has 2 amide bonds. The number of amides is 2. The van der Waals surface area contributed by atoms with E-state index in [2.05, 4.69) is 34.8 Å². The Bertz CT molecular complexity index is 986. The first-order valence-corrected chi connectivity index (χ1v) is 11.5. The Hall–Kier alpha value is -3.46. The average molecular weight is 449 g/mol. The van der Waals surface area contributed by atoms with E-state index >= 15 is 0 Å². The van der Waals surface area contributed by atoms with Gasteiger partial charge < -0.3 is 20.1 Å². The highest BCUT2D eigenvalue weighted by Gasteiger charge is 2.37. The van der Waals surface area contributed by atoms with Gasteiger partial charge in [0.05, 0.1) is 12.7 Å². The molecule has 0 spiro atoms. The van der Waals surface area contributed by atoms with Gasteiger partial charge in [0.15, 0.2) is 0 Å². The summed E-state index contributed by atoms with van der Waals surface area (Å²) in [5.74, 6) is 3.66. The van der Waals surface area contributed by atoms with E-state index in [9.17, 15) is 9.59 Å². The molecule has 0 radical (unpaired) electrons. The van der Waals surface area contributed by atoms with Crippen LogP contribution in [-0.4, -0.2) is 32.2 Å². The van der Waals surface area contributed by atoms with E-state index in [-0.39, 0.29) is 17.2 Å². The first-order valence-electron chi connectivity index (χ1n) is 11.5. The van der Waals surface area contributed by atoms with E-state index in [0.29, 0.717) is 24.4 Å². The molecule has 2 N–H and O–H groups in total. The molecule has 1 saturated carbocycles. The molecule has 0 aliphatic heterocycles. The molecular weight excluding hydrogens is 416 g/mol. The van der Waals surface area contributed by atoms with Crippen molar-refractivity contribution >= 4 is 12.0 Å². The van der Waals surface area contributed by atoms with Gasteiger partial charge in [-0.15, -0.1) is 0 Å². The predicted molar refractivity (Wildman–Crippen MR) is 128 cm³/mol. The summed E-state index contributed by atoms with van der Waals surface area (Å²) in [6, 6.07) is 17.6. The van der Waals surface area contributed by atoms with Gasteiger partial charge >= 0.3 is 6.09 Å². The smallest absolute Gasteiger partial charge is 0.421 e. The fraction of sp³-hybridized carbons (Fsp3) is 0.407. The summed E-state index contributed by atoms with van der Waals surface area (Å²) in [6.45, 7) is 3.08. The number of methoxy groups -OCH3 is 1. The molecule has 1 aliphatic rings. The fourth-order valence-corrected chi connectivity index (χ4v) is 4.27. The molecule has 0 heterocycles. The molecule has 0 atom stereocenters. The zero-order valence-corrected chi connectivity index (χ0v) is 19.4. The van der Waals surface area contributed by atoms with Gasteiger partial charge in [0.2, 0.25) is 0 Å². The summed E-state index contributed by atoms with van der Waals surface area (Å²) >= 11 is 0. The van der Waals surface area contributed by atoms with Crippen LogP contribution in [0.1, 0.15) is 54.9 Å². The van der Waals surface area contributed by atoms with Gasteiger partial charge in [0.25, 0.3) is 5.91 Å². The lowest BCUT2D eigenvalue weighted by molar-refractivity contribution is 0.0931. The van der Waals surface area contributed by atoms with Crippen LogP contribution in [0.3, 0.4) is 0 Å². The van der Waals surface area contributed by atoms with Gasteiger partial charge in [-0.25, -0.2) is 4.79 Å². The minimum atomic E-state index is -0.502. The maximum atomic E-state index is 12.9. The number of para-hydroxylation sites is 1. The maximum Gasteiger partial charge on any atom is 0.421 e. The molecule has 6 heteroatoms. The lowest BCUT2D eigenvalue weighted by Gasteiger charge is -2.40. The van der Waals surface area contributed by atoms with Crippen molar-refractivity contribution in [3.8, 4) is 17.8 Å². The predicted octanol–water partition coefficient (Wildman–Crippen LogP) is 4.65. The van der Waals surface area contributed by atoms with Gasteiger partial charge in [-0.05, 0) is 49.8 Å². The topological polar surface area (TPSA) is 76.7 Å². The van der Waals surface area contributed by atoms with Gasteiger partial charge in [0.1, 0.15) is 11.9 Å². The third kappa shape index (κ3) is 6.52. The van der Waals surface area contributed by atoms with Crippen LogP contribution in [0.2, 0.25) is 0 Å². The van der Waals surface area contributed by atoms with Crippen molar-refractivity contribution in [1.82, 2.24) is 10.6 Å². The number of carbonyl (C=O) groups excluding carboxylic acids is 2. The molecule has 2 aromatic carbocycles. The highest BCUT2D eigenvalue weighted by Crippen LogP contribution is 2.41. The van der Waals surface area contributed by atoms with E-state index in [1.807, 2.05) is 37.3 Å². The normalized spacial score (nSPS) is 19.5. The zero-order chi connectivity index (χ0) is 23.5. The van der Waals surface area contributed by atoms with Crippen molar-refractivity contribution in [3.63, 3.8) is 0 Å². The van der Waals surface area contributed by atoms with Crippen LogP contribution in [0.25, 0.3) is 0 Å². The SMILES string of the molecule is CCCNC(=O)OC#CC1CCC(CNC(=O)c2ccccc2OC)(c2ccccc2)CC1. The van der Waals surface area contributed by atoms with Crippen molar-refractivity contribution < 1.29 is 19.1 Å². The Kier molecular flexibility index (Phi) is 8.77. The Morgan fingerprint density at radius 2 is 1.73 bits per heavy atom. The van der Waals surface area contributed by atoms with Gasteiger partial charge in [-0.2, -0.15) is 0 Å². The highest BCUT2D eigenvalue weighted by molar-refractivity contribution is 5.96. The van der Waals surface area contributed by atoms with Crippen LogP contribution in [-0.2, 0) is 10.2 Å². The monoisotopic (exact) mass is 448 g/mol. The summed E-state index contributed by atoms with van der Waals surface area (Å²) in [7, 11) is 1.57. The van der Waals surface area contributed by atoms with Crippen LogP contribution < -0.4 is 15.4 Å². The van der Waals surface area contributed by atoms with Crippen molar-refractivity contribution in [1.29, 1.82) is 0 Å². The first-order chi connectivity index (χ1) is 16.1. The lowest BCUT2D eigenvalue weighted by atomic mass is 9.66. The molecule has 0 unspecified atom stereocenters. The largest absolute Gasteiger partial charge is 0.496 e. The summed E-state index contributed by atoms with van der Waals surface area (Å²) < 4.78 is 10.3. The molecule has 174 valence electrons.